The molecule has 1 saturated carbocycles. The number of anilines is 1. The van der Waals surface area contributed by atoms with E-state index < -0.39 is 11.4 Å². The first-order valence-corrected chi connectivity index (χ1v) is 9.86. The van der Waals surface area contributed by atoms with Crippen molar-refractivity contribution in [3.8, 4) is 0 Å². The summed E-state index contributed by atoms with van der Waals surface area (Å²) in [6.07, 6.45) is 6.04. The summed E-state index contributed by atoms with van der Waals surface area (Å²) in [5.41, 5.74) is 0.269. The van der Waals surface area contributed by atoms with Crippen molar-refractivity contribution in [3.63, 3.8) is 0 Å². The molecule has 2 N–H and O–H groups in total. The summed E-state index contributed by atoms with van der Waals surface area (Å²) in [5, 5.41) is 12.3. The second-order valence-electron chi connectivity index (χ2n) is 7.94. The molecule has 0 spiro atoms. The van der Waals surface area contributed by atoms with E-state index in [4.69, 9.17) is 0 Å². The molecule has 0 radical (unpaired) electrons. The van der Waals surface area contributed by atoms with E-state index in [1.54, 1.807) is 24.3 Å². The van der Waals surface area contributed by atoms with Crippen molar-refractivity contribution in [2.45, 2.75) is 64.3 Å². The predicted octanol–water partition coefficient (Wildman–Crippen LogP) is 3.67. The van der Waals surface area contributed by atoms with Crippen LogP contribution >= 0.6 is 0 Å². The topological polar surface area (TPSA) is 86.7 Å². The van der Waals surface area contributed by atoms with Crippen LogP contribution in [0.3, 0.4) is 0 Å². The van der Waals surface area contributed by atoms with Crippen LogP contribution < -0.4 is 5.32 Å². The number of amides is 2. The van der Waals surface area contributed by atoms with Crippen LogP contribution in [0, 0.1) is 5.41 Å². The van der Waals surface area contributed by atoms with E-state index in [0.29, 0.717) is 24.1 Å². The Morgan fingerprint density at radius 2 is 1.78 bits per heavy atom. The van der Waals surface area contributed by atoms with Gasteiger partial charge in [-0.1, -0.05) is 12.8 Å². The van der Waals surface area contributed by atoms with E-state index in [9.17, 15) is 19.5 Å². The molecule has 1 saturated heterocycles. The van der Waals surface area contributed by atoms with Gasteiger partial charge in [0.15, 0.2) is 0 Å². The van der Waals surface area contributed by atoms with Crippen molar-refractivity contribution in [2.75, 3.05) is 11.9 Å². The maximum Gasteiger partial charge on any atom is 0.310 e. The summed E-state index contributed by atoms with van der Waals surface area (Å²) in [4.78, 5) is 38.5. The quantitative estimate of drug-likeness (QED) is 0.825. The number of hydrogen-bond donors (Lipinski definition) is 2. The average molecular weight is 372 g/mol. The summed E-state index contributed by atoms with van der Waals surface area (Å²) in [6.45, 7) is 2.86. The fraction of sp³-hybridized carbons (Fsp3) is 0.571. The van der Waals surface area contributed by atoms with Crippen LogP contribution in [0.25, 0.3) is 0 Å². The lowest BCUT2D eigenvalue weighted by molar-refractivity contribution is -0.150. The van der Waals surface area contributed by atoms with Crippen molar-refractivity contribution in [3.05, 3.63) is 29.8 Å². The summed E-state index contributed by atoms with van der Waals surface area (Å²) < 4.78 is 0. The van der Waals surface area contributed by atoms with E-state index in [1.807, 2.05) is 4.90 Å². The molecule has 0 aromatic heterocycles. The minimum Gasteiger partial charge on any atom is -0.481 e. The number of hydrogen-bond acceptors (Lipinski definition) is 3. The van der Waals surface area contributed by atoms with Crippen molar-refractivity contribution in [1.29, 1.82) is 0 Å². The number of piperidine rings is 1. The SMILES string of the molecule is C[C@H]1CCCCN1C(=O)c1ccc(NC(=O)CC2(C(=O)O)CCCC2)cc1. The Bertz CT molecular complexity index is 707. The van der Waals surface area contributed by atoms with Gasteiger partial charge in [-0.2, -0.15) is 0 Å². The Morgan fingerprint density at radius 3 is 2.37 bits per heavy atom. The Hall–Kier alpha value is -2.37. The monoisotopic (exact) mass is 372 g/mol. The van der Waals surface area contributed by atoms with Crippen molar-refractivity contribution in [2.24, 2.45) is 5.41 Å². The first-order valence-electron chi connectivity index (χ1n) is 9.86. The number of carbonyl (C=O) groups excluding carboxylic acids is 2. The zero-order valence-corrected chi connectivity index (χ0v) is 15.9. The van der Waals surface area contributed by atoms with E-state index in [0.717, 1.165) is 38.6 Å². The molecular weight excluding hydrogens is 344 g/mol. The highest BCUT2D eigenvalue weighted by Crippen LogP contribution is 2.41. The number of nitrogens with zero attached hydrogens (tertiary/aromatic N) is 1. The fourth-order valence-corrected chi connectivity index (χ4v) is 4.29. The fourth-order valence-electron chi connectivity index (χ4n) is 4.29. The number of rotatable bonds is 5. The lowest BCUT2D eigenvalue weighted by Gasteiger charge is -2.33. The normalized spacial score (nSPS) is 21.7. The lowest BCUT2D eigenvalue weighted by atomic mass is 9.82. The zero-order valence-electron chi connectivity index (χ0n) is 15.9. The second kappa shape index (κ2) is 8.11. The van der Waals surface area contributed by atoms with Gasteiger partial charge in [-0.3, -0.25) is 14.4 Å². The van der Waals surface area contributed by atoms with Gasteiger partial charge in [0.25, 0.3) is 5.91 Å². The highest BCUT2D eigenvalue weighted by molar-refractivity contribution is 5.97. The molecule has 0 unspecified atom stereocenters. The van der Waals surface area contributed by atoms with Crippen molar-refractivity contribution >= 4 is 23.5 Å². The maximum absolute atomic E-state index is 12.7. The minimum atomic E-state index is -0.926. The number of carboxylic acids is 1. The Morgan fingerprint density at radius 1 is 1.11 bits per heavy atom. The number of likely N-dealkylation sites (tertiary alicyclic amines) is 1. The molecule has 0 bridgehead atoms. The molecule has 1 aromatic carbocycles. The van der Waals surface area contributed by atoms with Crippen molar-refractivity contribution < 1.29 is 19.5 Å². The van der Waals surface area contributed by atoms with E-state index in [-0.39, 0.29) is 24.3 Å². The van der Waals surface area contributed by atoms with Gasteiger partial charge >= 0.3 is 5.97 Å². The van der Waals surface area contributed by atoms with Gasteiger partial charge in [-0.15, -0.1) is 0 Å². The van der Waals surface area contributed by atoms with Crippen LogP contribution in [0.2, 0.25) is 0 Å². The van der Waals surface area contributed by atoms with Gasteiger partial charge in [0.05, 0.1) is 5.41 Å². The molecule has 2 fully saturated rings. The van der Waals surface area contributed by atoms with E-state index in [1.165, 1.54) is 0 Å². The Balaban J connectivity index is 1.61. The van der Waals surface area contributed by atoms with Crippen LogP contribution in [0.1, 0.15) is 68.6 Å². The third kappa shape index (κ3) is 4.31. The van der Waals surface area contributed by atoms with E-state index >= 15 is 0 Å². The number of carbonyl (C=O) groups is 3. The first kappa shape index (κ1) is 19.4. The average Bonchev–Trinajstić information content (AvgIpc) is 3.12. The molecule has 2 aliphatic rings. The highest BCUT2D eigenvalue weighted by atomic mass is 16.4. The van der Waals surface area contributed by atoms with Gasteiger partial charge in [0, 0.05) is 30.3 Å². The van der Waals surface area contributed by atoms with Crippen LogP contribution in [0.15, 0.2) is 24.3 Å². The van der Waals surface area contributed by atoms with Crippen LogP contribution in [0.5, 0.6) is 0 Å². The molecule has 2 amide bonds. The molecular formula is C21H28N2O4. The third-order valence-electron chi connectivity index (χ3n) is 5.99. The third-order valence-corrected chi connectivity index (χ3v) is 5.99. The van der Waals surface area contributed by atoms with Crippen LogP contribution in [-0.2, 0) is 9.59 Å². The van der Waals surface area contributed by atoms with Gasteiger partial charge in [-0.05, 0) is 63.3 Å². The summed E-state index contributed by atoms with van der Waals surface area (Å²) >= 11 is 0. The van der Waals surface area contributed by atoms with Gasteiger partial charge in [0.2, 0.25) is 5.91 Å². The molecule has 6 heteroatoms. The molecule has 1 aromatic rings. The smallest absolute Gasteiger partial charge is 0.310 e. The molecule has 3 rings (SSSR count). The Labute approximate surface area is 159 Å². The summed E-state index contributed by atoms with van der Waals surface area (Å²) in [7, 11) is 0. The number of benzene rings is 1. The lowest BCUT2D eigenvalue weighted by Crippen LogP contribution is -2.42. The Kier molecular flexibility index (Phi) is 5.82. The molecule has 146 valence electrons. The number of aliphatic carboxylic acids is 1. The molecule has 27 heavy (non-hydrogen) atoms. The molecule has 6 nitrogen and oxygen atoms in total. The van der Waals surface area contributed by atoms with Gasteiger partial charge < -0.3 is 15.3 Å². The largest absolute Gasteiger partial charge is 0.481 e. The van der Waals surface area contributed by atoms with E-state index in [2.05, 4.69) is 12.2 Å². The van der Waals surface area contributed by atoms with Crippen LogP contribution in [-0.4, -0.2) is 40.4 Å². The van der Waals surface area contributed by atoms with Gasteiger partial charge in [-0.25, -0.2) is 0 Å². The molecule has 1 aliphatic carbocycles. The standard InChI is InChI=1S/C21H28N2O4/c1-15-6-2-5-13-23(15)19(25)16-7-9-17(10-8-16)22-18(24)14-21(20(26)27)11-3-4-12-21/h7-10,15H,2-6,11-14H2,1H3,(H,22,24)(H,26,27)/t15-/m0/s1. The second-order valence-corrected chi connectivity index (χ2v) is 7.94. The van der Waals surface area contributed by atoms with Gasteiger partial charge in [0.1, 0.15) is 0 Å². The molecule has 1 atom stereocenters. The van der Waals surface area contributed by atoms with Crippen LogP contribution in [0.4, 0.5) is 5.69 Å². The minimum absolute atomic E-state index is 0.00565. The number of carboxylic acid groups (broad SMARTS) is 1. The van der Waals surface area contributed by atoms with Crippen molar-refractivity contribution in [1.82, 2.24) is 4.90 Å². The highest BCUT2D eigenvalue weighted by Gasteiger charge is 2.42. The maximum atomic E-state index is 12.7. The summed E-state index contributed by atoms with van der Waals surface area (Å²) in [6, 6.07) is 7.12. The molecule has 1 aliphatic heterocycles. The predicted molar refractivity (Wildman–Crippen MR) is 103 cm³/mol. The molecule has 1 heterocycles. The first-order chi connectivity index (χ1) is 12.9. The number of nitrogens with one attached hydrogen (secondary N) is 1. The zero-order chi connectivity index (χ0) is 19.4. The summed E-state index contributed by atoms with van der Waals surface area (Å²) in [5.74, 6) is -1.15.